The summed E-state index contributed by atoms with van der Waals surface area (Å²) >= 11 is 0. The Morgan fingerprint density at radius 2 is 1.74 bits per heavy atom. The zero-order chi connectivity index (χ0) is 28.1. The van der Waals surface area contributed by atoms with Gasteiger partial charge in [-0.3, -0.25) is 9.11 Å². The molecular weight excluding hydrogens is 532 g/mol. The van der Waals surface area contributed by atoms with Crippen molar-refractivity contribution >= 4 is 20.8 Å². The highest BCUT2D eigenvalue weighted by atomic mass is 32.3. The Morgan fingerprint density at radius 1 is 1.03 bits per heavy atom. The Bertz CT molecular complexity index is 1150. The molecule has 0 aromatic carbocycles. The van der Waals surface area contributed by atoms with Crippen molar-refractivity contribution in [2.75, 3.05) is 6.61 Å². The Morgan fingerprint density at radius 3 is 2.37 bits per heavy atom. The molecule has 0 saturated heterocycles. The number of aliphatic hydroxyl groups is 1. The first-order valence-electron chi connectivity index (χ1n) is 13.9. The largest absolute Gasteiger partial charge is 0.397 e. The Labute approximate surface area is 228 Å². The van der Waals surface area contributed by atoms with Gasteiger partial charge in [-0.25, -0.2) is 8.37 Å². The van der Waals surface area contributed by atoms with Crippen molar-refractivity contribution in [1.82, 2.24) is 0 Å². The molecule has 0 bridgehead atoms. The average Bonchev–Trinajstić information content (AvgIpc) is 3.14. The van der Waals surface area contributed by atoms with Gasteiger partial charge in [0.2, 0.25) is 0 Å². The number of rotatable bonds is 9. The number of aliphatic hydroxyl groups excluding tert-OH is 1. The maximum absolute atomic E-state index is 11.4. The fourth-order valence-electron chi connectivity index (χ4n) is 8.70. The fourth-order valence-corrected chi connectivity index (χ4v) is 9.55. The predicted octanol–water partition coefficient (Wildman–Crippen LogP) is 4.76. The Balaban J connectivity index is 1.57. The van der Waals surface area contributed by atoms with Crippen LogP contribution in [0.5, 0.6) is 0 Å². The normalized spacial score (nSPS) is 40.5. The quantitative estimate of drug-likeness (QED) is 0.261. The van der Waals surface area contributed by atoms with E-state index in [1.54, 1.807) is 0 Å². The summed E-state index contributed by atoms with van der Waals surface area (Å²) in [6.45, 7) is 8.70. The van der Waals surface area contributed by atoms with Crippen LogP contribution in [-0.2, 0) is 29.2 Å². The van der Waals surface area contributed by atoms with Crippen molar-refractivity contribution in [3.05, 3.63) is 23.8 Å². The van der Waals surface area contributed by atoms with E-state index in [-0.39, 0.29) is 29.3 Å². The summed E-state index contributed by atoms with van der Waals surface area (Å²) in [6.07, 6.45) is 10.8. The molecule has 9 atom stereocenters. The first kappa shape index (κ1) is 30.1. The van der Waals surface area contributed by atoms with Crippen LogP contribution in [0.1, 0.15) is 79.1 Å². The van der Waals surface area contributed by atoms with Crippen molar-refractivity contribution in [1.29, 1.82) is 0 Å². The molecule has 0 heterocycles. The minimum atomic E-state index is -4.65. The van der Waals surface area contributed by atoms with E-state index in [2.05, 4.69) is 45.9 Å². The summed E-state index contributed by atoms with van der Waals surface area (Å²) < 4.78 is 73.5. The first-order valence-corrected chi connectivity index (χ1v) is 16.6. The molecule has 2 unspecified atom stereocenters. The van der Waals surface area contributed by atoms with Gasteiger partial charge in [0.25, 0.3) is 0 Å². The van der Waals surface area contributed by atoms with Crippen LogP contribution in [0.2, 0.25) is 0 Å². The molecule has 0 aromatic heterocycles. The van der Waals surface area contributed by atoms with Crippen molar-refractivity contribution in [2.45, 2.75) is 91.3 Å². The van der Waals surface area contributed by atoms with Crippen molar-refractivity contribution in [3.8, 4) is 0 Å². The summed E-state index contributed by atoms with van der Waals surface area (Å²) in [5, 5.41) is 11.0. The monoisotopic (exact) mass is 576 g/mol. The third-order valence-electron chi connectivity index (χ3n) is 10.4. The molecule has 0 amide bonds. The number of hydrogen-bond donors (Lipinski definition) is 3. The van der Waals surface area contributed by atoms with Gasteiger partial charge >= 0.3 is 20.8 Å². The molecule has 9 nitrogen and oxygen atoms in total. The highest BCUT2D eigenvalue weighted by Gasteiger charge is 2.60. The SMILES string of the molecule is CC(C)C/C=C/[C@@H](COS(=O)(=O)O)[C@H]1CC[C@H]2[C@@H]3CC=C4C(O)C(OS(=O)(=O)O)CC[C@]4(C)[C@H]3CC[C@]12C. The van der Waals surface area contributed by atoms with Crippen LogP contribution in [0.25, 0.3) is 0 Å². The lowest BCUT2D eigenvalue weighted by Gasteiger charge is -2.59. The van der Waals surface area contributed by atoms with E-state index in [1.165, 1.54) is 0 Å². The van der Waals surface area contributed by atoms with E-state index in [9.17, 15) is 26.5 Å². The lowest BCUT2D eigenvalue weighted by Crippen LogP contribution is -2.54. The Kier molecular flexibility index (Phi) is 8.62. The fraction of sp³-hybridized carbons (Fsp3) is 0.852. The summed E-state index contributed by atoms with van der Waals surface area (Å²) in [6, 6.07) is 0. The minimum Gasteiger partial charge on any atom is -0.386 e. The second-order valence-electron chi connectivity index (χ2n) is 12.9. The van der Waals surface area contributed by atoms with Crippen LogP contribution >= 0.6 is 0 Å². The smallest absolute Gasteiger partial charge is 0.386 e. The molecule has 0 radical (unpaired) electrons. The number of fused-ring (bicyclic) bond motifs is 5. The molecule has 3 N–H and O–H groups in total. The third kappa shape index (κ3) is 6.09. The van der Waals surface area contributed by atoms with Gasteiger partial charge in [0.15, 0.2) is 0 Å². The summed E-state index contributed by atoms with van der Waals surface area (Å²) in [7, 11) is -9.18. The van der Waals surface area contributed by atoms with Crippen molar-refractivity contribution < 1.29 is 39.4 Å². The summed E-state index contributed by atoms with van der Waals surface area (Å²) in [5.41, 5.74) is 0.543. The van der Waals surface area contributed by atoms with Crippen LogP contribution in [0, 0.1) is 46.3 Å². The van der Waals surface area contributed by atoms with E-state index in [1.807, 2.05) is 0 Å². The van der Waals surface area contributed by atoms with Gasteiger partial charge in [-0.2, -0.15) is 16.8 Å². The Hall–Kier alpha value is -0.820. The second kappa shape index (κ2) is 10.9. The number of allylic oxidation sites excluding steroid dienone is 2. The molecule has 0 aromatic rings. The molecule has 3 fully saturated rings. The molecular formula is C27H44O9S2. The second-order valence-corrected chi connectivity index (χ2v) is 15.0. The van der Waals surface area contributed by atoms with Crippen LogP contribution in [0.3, 0.4) is 0 Å². The zero-order valence-corrected chi connectivity index (χ0v) is 24.5. The predicted molar refractivity (Wildman–Crippen MR) is 143 cm³/mol. The van der Waals surface area contributed by atoms with Gasteiger partial charge in [0, 0.05) is 5.92 Å². The van der Waals surface area contributed by atoms with Gasteiger partial charge in [0.1, 0.15) is 12.2 Å². The van der Waals surface area contributed by atoms with E-state index < -0.39 is 33.0 Å². The van der Waals surface area contributed by atoms with Crippen molar-refractivity contribution in [2.24, 2.45) is 46.3 Å². The number of hydrogen-bond acceptors (Lipinski definition) is 7. The molecule has 0 aliphatic heterocycles. The van der Waals surface area contributed by atoms with E-state index in [4.69, 9.17) is 12.9 Å². The lowest BCUT2D eigenvalue weighted by molar-refractivity contribution is -0.0761. The topological polar surface area (TPSA) is 147 Å². The standard InChI is InChI=1S/C27H44O9S2/c1-17(2)6-5-7-18(16-35-37(29,30)31)20-10-11-21-19-8-9-23-25(28)24(36-38(32,33)34)13-15-27(23,4)22(19)12-14-26(20,21)3/h5,7,9,17-22,24-25,28H,6,8,10-16H2,1-4H3,(H,29,30,31)(H,32,33,34)/b7-5+/t18-,19-,20+,21-,22-,24?,25?,26+,27+/m0/s1. The minimum absolute atomic E-state index is 0.0117. The van der Waals surface area contributed by atoms with Gasteiger partial charge in [-0.15, -0.1) is 0 Å². The average molecular weight is 577 g/mol. The van der Waals surface area contributed by atoms with Gasteiger partial charge < -0.3 is 5.11 Å². The summed E-state index contributed by atoms with van der Waals surface area (Å²) in [4.78, 5) is 0. The molecule has 4 aliphatic rings. The highest BCUT2D eigenvalue weighted by molar-refractivity contribution is 7.81. The molecule has 4 aliphatic carbocycles. The molecule has 3 saturated carbocycles. The van der Waals surface area contributed by atoms with Gasteiger partial charge in [-0.1, -0.05) is 45.9 Å². The molecule has 4 rings (SSSR count). The van der Waals surface area contributed by atoms with Crippen LogP contribution in [-0.4, -0.2) is 49.9 Å². The van der Waals surface area contributed by atoms with E-state index >= 15 is 0 Å². The highest BCUT2D eigenvalue weighted by Crippen LogP contribution is 2.67. The molecule has 218 valence electrons. The molecule has 11 heteroatoms. The maximum atomic E-state index is 11.4. The van der Waals surface area contributed by atoms with Crippen LogP contribution < -0.4 is 0 Å². The van der Waals surface area contributed by atoms with Crippen LogP contribution in [0.4, 0.5) is 0 Å². The maximum Gasteiger partial charge on any atom is 0.397 e. The first-order chi connectivity index (χ1) is 17.6. The van der Waals surface area contributed by atoms with E-state index in [0.717, 1.165) is 44.1 Å². The lowest BCUT2D eigenvalue weighted by atomic mass is 9.46. The third-order valence-corrected chi connectivity index (χ3v) is 11.3. The summed E-state index contributed by atoms with van der Waals surface area (Å²) in [5.74, 6) is 1.75. The van der Waals surface area contributed by atoms with E-state index in [0.29, 0.717) is 36.5 Å². The van der Waals surface area contributed by atoms with Crippen molar-refractivity contribution in [3.63, 3.8) is 0 Å². The van der Waals surface area contributed by atoms with Gasteiger partial charge in [0.05, 0.1) is 6.61 Å². The van der Waals surface area contributed by atoms with Gasteiger partial charge in [-0.05, 0) is 97.4 Å². The van der Waals surface area contributed by atoms with Crippen LogP contribution in [0.15, 0.2) is 23.8 Å². The zero-order valence-electron chi connectivity index (χ0n) is 22.8. The molecule has 0 spiro atoms. The molecule has 38 heavy (non-hydrogen) atoms.